The maximum Gasteiger partial charge on any atom is 0.407 e. The smallest absolute Gasteiger partial charge is 0.407 e. The van der Waals surface area contributed by atoms with Gasteiger partial charge in [-0.2, -0.15) is 0 Å². The molecule has 11 nitrogen and oxygen atoms in total. The van der Waals surface area contributed by atoms with Gasteiger partial charge in [0.15, 0.2) is 0 Å². The third kappa shape index (κ3) is 5.49. The average Bonchev–Trinajstić information content (AvgIpc) is 3.47. The molecule has 1 unspecified atom stereocenters. The van der Waals surface area contributed by atoms with Crippen molar-refractivity contribution < 1.29 is 29.3 Å². The largest absolute Gasteiger partial charge is 0.481 e. The summed E-state index contributed by atoms with van der Waals surface area (Å²) in [5.41, 5.74) is 2.03. The Hall–Kier alpha value is -3.87. The second-order valence-corrected chi connectivity index (χ2v) is 10.5. The molecule has 1 saturated heterocycles. The van der Waals surface area contributed by atoms with Crippen molar-refractivity contribution in [1.29, 1.82) is 0 Å². The number of ether oxygens (including phenoxy) is 2. The molecule has 0 radical (unpaired) electrons. The number of H-pyrrole nitrogens is 1. The molecule has 39 heavy (non-hydrogen) atoms. The van der Waals surface area contributed by atoms with Gasteiger partial charge in [-0.15, -0.1) is 11.8 Å². The highest BCUT2D eigenvalue weighted by atomic mass is 32.2. The van der Waals surface area contributed by atoms with Gasteiger partial charge in [-0.3, -0.25) is 19.1 Å². The van der Waals surface area contributed by atoms with Gasteiger partial charge < -0.3 is 25.0 Å². The number of carboxylic acids is 1. The number of aliphatic carboxylic acids is 1. The molecule has 0 saturated carbocycles. The number of nitrogens with one attached hydrogen (secondary N) is 2. The van der Waals surface area contributed by atoms with Crippen LogP contribution >= 0.6 is 11.8 Å². The lowest BCUT2D eigenvalue weighted by Crippen LogP contribution is -2.45. The minimum atomic E-state index is -1.32. The van der Waals surface area contributed by atoms with Crippen LogP contribution < -0.4 is 16.6 Å². The Balaban J connectivity index is 1.31. The molecule has 1 amide bonds. The van der Waals surface area contributed by atoms with E-state index in [9.17, 15) is 24.3 Å². The predicted octanol–water partition coefficient (Wildman–Crippen LogP) is 2.18. The molecule has 2 aliphatic rings. The molecule has 2 aromatic carbocycles. The first kappa shape index (κ1) is 26.7. The fourth-order valence-corrected chi connectivity index (χ4v) is 5.87. The molecule has 5 rings (SSSR count). The number of amides is 1. The van der Waals surface area contributed by atoms with Crippen molar-refractivity contribution in [3.8, 4) is 11.1 Å². The number of aryl methyl sites for hydroxylation is 1. The number of rotatable bonds is 8. The van der Waals surface area contributed by atoms with Crippen molar-refractivity contribution in [1.82, 2.24) is 14.9 Å². The van der Waals surface area contributed by atoms with E-state index < -0.39 is 47.1 Å². The average molecular weight is 554 g/mol. The number of aliphatic hydroxyl groups excluding tert-OH is 1. The molecule has 12 heteroatoms. The number of carbonyl (C=O) groups is 2. The number of alkyl carbamates (subject to hydrolysis) is 1. The van der Waals surface area contributed by atoms with Crippen LogP contribution in [0.3, 0.4) is 0 Å². The highest BCUT2D eigenvalue weighted by Crippen LogP contribution is 2.44. The minimum Gasteiger partial charge on any atom is -0.481 e. The lowest BCUT2D eigenvalue weighted by atomic mass is 9.98. The van der Waals surface area contributed by atoms with Gasteiger partial charge in [0.1, 0.15) is 24.4 Å². The summed E-state index contributed by atoms with van der Waals surface area (Å²) < 4.78 is 12.7. The molecule has 1 aromatic heterocycles. The SMILES string of the molecule is Cc1cn([C@H]2C[C@@H](NC(=O)OCC3c4ccccc4-c4ccccc43)[C@@H](C(O)SCC(=O)O)O2)c(=O)[nH]c1=O. The quantitative estimate of drug-likeness (QED) is 0.307. The van der Waals surface area contributed by atoms with E-state index in [1.54, 1.807) is 0 Å². The minimum absolute atomic E-state index is 0.0743. The fourth-order valence-electron chi connectivity index (χ4n) is 5.11. The molecule has 1 aliphatic carbocycles. The van der Waals surface area contributed by atoms with Gasteiger partial charge in [0.25, 0.3) is 5.56 Å². The summed E-state index contributed by atoms with van der Waals surface area (Å²) in [6, 6.07) is 15.1. The first-order chi connectivity index (χ1) is 18.7. The number of carbonyl (C=O) groups excluding carboxylic acids is 1. The van der Waals surface area contributed by atoms with E-state index in [2.05, 4.69) is 10.3 Å². The van der Waals surface area contributed by atoms with Crippen LogP contribution in [-0.2, 0) is 14.3 Å². The summed E-state index contributed by atoms with van der Waals surface area (Å²) in [6.07, 6.45) is -1.28. The third-order valence-corrected chi connectivity index (χ3v) is 7.95. The van der Waals surface area contributed by atoms with Crippen LogP contribution in [0.5, 0.6) is 0 Å². The Morgan fingerprint density at radius 3 is 2.44 bits per heavy atom. The molecule has 4 N–H and O–H groups in total. The topological polar surface area (TPSA) is 160 Å². The summed E-state index contributed by atoms with van der Waals surface area (Å²) in [7, 11) is 0. The number of hydrogen-bond acceptors (Lipinski definition) is 8. The Kier molecular flexibility index (Phi) is 7.60. The van der Waals surface area contributed by atoms with Gasteiger partial charge in [0.2, 0.25) is 0 Å². The van der Waals surface area contributed by atoms with Crippen LogP contribution in [0.1, 0.15) is 35.3 Å². The number of hydrogen-bond donors (Lipinski definition) is 4. The molecule has 2 heterocycles. The number of aromatic nitrogens is 2. The fraction of sp³-hybridized carbons (Fsp3) is 0.333. The van der Waals surface area contributed by atoms with Crippen molar-refractivity contribution >= 4 is 23.8 Å². The van der Waals surface area contributed by atoms with Gasteiger partial charge in [-0.1, -0.05) is 48.5 Å². The maximum atomic E-state index is 12.9. The molecule has 0 bridgehead atoms. The first-order valence-electron chi connectivity index (χ1n) is 12.3. The predicted molar refractivity (Wildman–Crippen MR) is 143 cm³/mol. The molecule has 1 aliphatic heterocycles. The number of aromatic amines is 1. The summed E-state index contributed by atoms with van der Waals surface area (Å²) in [5.74, 6) is -1.66. The zero-order chi connectivity index (χ0) is 27.7. The van der Waals surface area contributed by atoms with Crippen molar-refractivity contribution in [2.75, 3.05) is 12.4 Å². The first-order valence-corrected chi connectivity index (χ1v) is 13.4. The van der Waals surface area contributed by atoms with Crippen LogP contribution in [0, 0.1) is 6.92 Å². The lowest BCUT2D eigenvalue weighted by Gasteiger charge is -2.24. The second kappa shape index (κ2) is 11.1. The zero-order valence-electron chi connectivity index (χ0n) is 20.9. The van der Waals surface area contributed by atoms with E-state index in [0.29, 0.717) is 0 Å². The molecule has 0 spiro atoms. The molecule has 1 fully saturated rings. The number of thioether (sulfide) groups is 1. The van der Waals surface area contributed by atoms with Crippen LogP contribution in [0.4, 0.5) is 4.79 Å². The molecule has 4 atom stereocenters. The van der Waals surface area contributed by atoms with E-state index in [0.717, 1.165) is 34.0 Å². The van der Waals surface area contributed by atoms with Crippen LogP contribution in [0.15, 0.2) is 64.3 Å². The van der Waals surface area contributed by atoms with E-state index >= 15 is 0 Å². The summed E-state index contributed by atoms with van der Waals surface area (Å²) in [4.78, 5) is 50.4. The highest BCUT2D eigenvalue weighted by molar-refractivity contribution is 8.00. The van der Waals surface area contributed by atoms with Crippen LogP contribution in [0.25, 0.3) is 11.1 Å². The second-order valence-electron chi connectivity index (χ2n) is 9.44. The van der Waals surface area contributed by atoms with Crippen molar-refractivity contribution in [2.24, 2.45) is 0 Å². The third-order valence-electron chi connectivity index (χ3n) is 6.93. The van der Waals surface area contributed by atoms with E-state index in [1.807, 2.05) is 48.5 Å². The van der Waals surface area contributed by atoms with Crippen LogP contribution in [-0.4, -0.2) is 61.8 Å². The Morgan fingerprint density at radius 1 is 1.15 bits per heavy atom. The molecular formula is C27H27N3O8S. The van der Waals surface area contributed by atoms with Crippen molar-refractivity contribution in [3.05, 3.63) is 92.3 Å². The van der Waals surface area contributed by atoms with E-state index in [1.165, 1.54) is 17.7 Å². The lowest BCUT2D eigenvalue weighted by molar-refractivity contribution is -0.134. The van der Waals surface area contributed by atoms with Crippen LogP contribution in [0.2, 0.25) is 0 Å². The number of fused-ring (bicyclic) bond motifs is 3. The number of carboxylic acid groups (broad SMARTS) is 1. The maximum absolute atomic E-state index is 12.9. The molecule has 3 aromatic rings. The number of benzene rings is 2. The summed E-state index contributed by atoms with van der Waals surface area (Å²) in [6.45, 7) is 1.61. The van der Waals surface area contributed by atoms with Gasteiger partial charge in [0, 0.05) is 24.1 Å². The standard InChI is InChI=1S/C27H27N3O8S/c1-14-11-30(26(35)29-24(14)33)21-10-20(23(38-21)25(34)39-13-22(31)32)28-27(36)37-12-19-17-8-4-2-6-15(17)16-7-3-5-9-18(16)19/h2-9,11,19-21,23,25,34H,10,12-13H2,1H3,(H,28,36)(H,31,32)(H,29,33,35)/t20-,21-,23+,25?/m1/s1. The summed E-state index contributed by atoms with van der Waals surface area (Å²) >= 11 is 0.732. The zero-order valence-corrected chi connectivity index (χ0v) is 21.7. The van der Waals surface area contributed by atoms with E-state index in [-0.39, 0.29) is 30.3 Å². The van der Waals surface area contributed by atoms with Crippen molar-refractivity contribution in [2.45, 2.75) is 43.1 Å². The number of nitrogens with zero attached hydrogens (tertiary/aromatic N) is 1. The van der Waals surface area contributed by atoms with Gasteiger partial charge in [0.05, 0.1) is 11.8 Å². The summed E-state index contributed by atoms with van der Waals surface area (Å²) in [5, 5.41) is 22.4. The number of aliphatic hydroxyl groups is 1. The monoisotopic (exact) mass is 553 g/mol. The molecule has 204 valence electrons. The van der Waals surface area contributed by atoms with Crippen molar-refractivity contribution in [3.63, 3.8) is 0 Å². The van der Waals surface area contributed by atoms with Gasteiger partial charge in [-0.25, -0.2) is 9.59 Å². The Bertz CT molecular complexity index is 1470. The highest BCUT2D eigenvalue weighted by Gasteiger charge is 2.42. The normalized spacial score (nSPS) is 20.7. The Labute approximate surface area is 226 Å². The van der Waals surface area contributed by atoms with Gasteiger partial charge in [-0.05, 0) is 29.2 Å². The van der Waals surface area contributed by atoms with E-state index in [4.69, 9.17) is 14.6 Å². The Morgan fingerprint density at radius 2 is 1.79 bits per heavy atom. The molecular weight excluding hydrogens is 526 g/mol. The van der Waals surface area contributed by atoms with Gasteiger partial charge >= 0.3 is 17.8 Å².